The van der Waals surface area contributed by atoms with Gasteiger partial charge in [-0.05, 0) is 24.6 Å². The maximum Gasteiger partial charge on any atom is 0.267 e. The van der Waals surface area contributed by atoms with Crippen molar-refractivity contribution in [3.8, 4) is 11.8 Å². The van der Waals surface area contributed by atoms with Crippen LogP contribution in [0.5, 0.6) is 5.75 Å². The lowest BCUT2D eigenvalue weighted by molar-refractivity contribution is 0.147. The summed E-state index contributed by atoms with van der Waals surface area (Å²) in [5, 5.41) is 17.7. The molecule has 0 unspecified atom stereocenters. The highest BCUT2D eigenvalue weighted by atomic mass is 19.3. The van der Waals surface area contributed by atoms with E-state index >= 15 is 0 Å². The average Bonchev–Trinajstić information content (AvgIpc) is 2.09. The molecule has 68 valence electrons. The Bertz CT molecular complexity index is 369. The first-order chi connectivity index (χ1) is 6.06. The summed E-state index contributed by atoms with van der Waals surface area (Å²) in [5.74, 6) is -0.436. The van der Waals surface area contributed by atoms with Crippen molar-refractivity contribution < 1.29 is 13.9 Å². The van der Waals surface area contributed by atoms with Crippen LogP contribution in [0.25, 0.3) is 0 Å². The van der Waals surface area contributed by atoms with Gasteiger partial charge < -0.3 is 5.11 Å². The van der Waals surface area contributed by atoms with Crippen molar-refractivity contribution in [3.63, 3.8) is 0 Å². The highest BCUT2D eigenvalue weighted by Crippen LogP contribution is 2.31. The number of nitrogens with zero attached hydrogens (tertiary/aromatic N) is 1. The predicted octanol–water partition coefficient (Wildman–Crippen LogP) is 2.51. The Morgan fingerprint density at radius 3 is 2.54 bits per heavy atom. The van der Waals surface area contributed by atoms with Crippen LogP contribution in [-0.4, -0.2) is 5.11 Å². The summed E-state index contributed by atoms with van der Waals surface area (Å²) in [7, 11) is 0. The molecular formula is C9H7F2NO. The van der Waals surface area contributed by atoms with Crippen molar-refractivity contribution in [2.24, 2.45) is 0 Å². The fraction of sp³-hybridized carbons (Fsp3) is 0.222. The molecule has 0 aromatic heterocycles. The van der Waals surface area contributed by atoms with E-state index in [1.165, 1.54) is 13.0 Å². The summed E-state index contributed by atoms with van der Waals surface area (Å²) in [6.07, 6.45) is -2.76. The quantitative estimate of drug-likeness (QED) is 0.726. The van der Waals surface area contributed by atoms with E-state index in [2.05, 4.69) is 0 Å². The van der Waals surface area contributed by atoms with Gasteiger partial charge in [0.05, 0.1) is 17.2 Å². The second-order valence-electron chi connectivity index (χ2n) is 2.64. The van der Waals surface area contributed by atoms with Gasteiger partial charge in [-0.3, -0.25) is 0 Å². The second kappa shape index (κ2) is 3.40. The fourth-order valence-electron chi connectivity index (χ4n) is 1.04. The molecule has 1 N–H and O–H groups in total. The summed E-state index contributed by atoms with van der Waals surface area (Å²) in [6.45, 7) is 1.47. The Balaban J connectivity index is 3.35. The molecule has 0 spiro atoms. The fourth-order valence-corrected chi connectivity index (χ4v) is 1.04. The molecule has 0 bridgehead atoms. The predicted molar refractivity (Wildman–Crippen MR) is 42.5 cm³/mol. The number of phenolic OH excluding ortho intramolecular Hbond substituents is 1. The van der Waals surface area contributed by atoms with Gasteiger partial charge in [0.25, 0.3) is 6.43 Å². The van der Waals surface area contributed by atoms with Gasteiger partial charge in [-0.15, -0.1) is 0 Å². The molecule has 0 saturated heterocycles. The van der Waals surface area contributed by atoms with E-state index in [0.29, 0.717) is 0 Å². The number of hydrogen-bond acceptors (Lipinski definition) is 2. The first-order valence-electron chi connectivity index (χ1n) is 3.58. The third kappa shape index (κ3) is 1.75. The summed E-state index contributed by atoms with van der Waals surface area (Å²) >= 11 is 0. The highest BCUT2D eigenvalue weighted by Gasteiger charge is 2.15. The normalized spacial score (nSPS) is 10.1. The Kier molecular flexibility index (Phi) is 2.47. The third-order valence-electron chi connectivity index (χ3n) is 1.69. The number of rotatable bonds is 1. The van der Waals surface area contributed by atoms with Crippen molar-refractivity contribution in [3.05, 3.63) is 28.8 Å². The first-order valence-corrected chi connectivity index (χ1v) is 3.58. The number of hydrogen-bond donors (Lipinski definition) is 1. The Labute approximate surface area is 74.0 Å². The van der Waals surface area contributed by atoms with E-state index in [-0.39, 0.29) is 11.1 Å². The lowest BCUT2D eigenvalue weighted by atomic mass is 10.1. The Morgan fingerprint density at radius 2 is 2.08 bits per heavy atom. The van der Waals surface area contributed by atoms with E-state index in [1.807, 2.05) is 0 Å². The van der Waals surface area contributed by atoms with Gasteiger partial charge in [-0.25, -0.2) is 8.78 Å². The zero-order valence-corrected chi connectivity index (χ0v) is 6.88. The minimum Gasteiger partial charge on any atom is -0.507 e. The smallest absolute Gasteiger partial charge is 0.267 e. The summed E-state index contributed by atoms with van der Waals surface area (Å²) < 4.78 is 24.5. The first kappa shape index (κ1) is 9.46. The Morgan fingerprint density at radius 1 is 1.46 bits per heavy atom. The molecule has 0 heterocycles. The van der Waals surface area contributed by atoms with Crippen LogP contribution in [0.15, 0.2) is 12.1 Å². The van der Waals surface area contributed by atoms with Crippen molar-refractivity contribution >= 4 is 0 Å². The molecule has 0 aliphatic carbocycles. The molecule has 0 aliphatic heterocycles. The molecule has 0 fully saturated rings. The molecule has 13 heavy (non-hydrogen) atoms. The molecule has 0 amide bonds. The minimum absolute atomic E-state index is 0.130. The van der Waals surface area contributed by atoms with Crippen LogP contribution in [0.4, 0.5) is 8.78 Å². The molecule has 0 saturated carbocycles. The van der Waals surface area contributed by atoms with Crippen molar-refractivity contribution in [2.75, 3.05) is 0 Å². The molecule has 1 aromatic carbocycles. The van der Waals surface area contributed by atoms with Gasteiger partial charge in [0.15, 0.2) is 0 Å². The zero-order chi connectivity index (χ0) is 10.0. The molecule has 0 radical (unpaired) electrons. The number of halogens is 2. The van der Waals surface area contributed by atoms with Crippen LogP contribution in [0.1, 0.15) is 23.1 Å². The van der Waals surface area contributed by atoms with E-state index in [1.54, 1.807) is 6.07 Å². The van der Waals surface area contributed by atoms with Crippen LogP contribution < -0.4 is 0 Å². The standard InChI is InChI=1S/C9H7F2NO/c1-5-2-6(4-12)3-7(8(5)13)9(10)11/h2-3,9,13H,1H3. The SMILES string of the molecule is Cc1cc(C#N)cc(C(F)F)c1O. The summed E-state index contributed by atoms with van der Waals surface area (Å²) in [6, 6.07) is 4.10. The lowest BCUT2D eigenvalue weighted by Crippen LogP contribution is -1.90. The van der Waals surface area contributed by atoms with Crippen molar-refractivity contribution in [2.45, 2.75) is 13.3 Å². The topological polar surface area (TPSA) is 44.0 Å². The summed E-state index contributed by atoms with van der Waals surface area (Å²) in [4.78, 5) is 0. The molecule has 1 aromatic rings. The Hall–Kier alpha value is -1.63. The van der Waals surface area contributed by atoms with E-state index in [4.69, 9.17) is 5.26 Å². The summed E-state index contributed by atoms with van der Waals surface area (Å²) in [5.41, 5.74) is -0.0727. The number of nitriles is 1. The van der Waals surface area contributed by atoms with Crippen LogP contribution in [-0.2, 0) is 0 Å². The molecule has 2 nitrogen and oxygen atoms in total. The number of aryl methyl sites for hydroxylation is 1. The molecular weight excluding hydrogens is 176 g/mol. The maximum atomic E-state index is 12.3. The highest BCUT2D eigenvalue weighted by molar-refractivity contribution is 5.47. The zero-order valence-electron chi connectivity index (χ0n) is 6.88. The van der Waals surface area contributed by atoms with Crippen LogP contribution in [0.2, 0.25) is 0 Å². The molecule has 0 atom stereocenters. The number of benzene rings is 1. The lowest BCUT2D eigenvalue weighted by Gasteiger charge is -2.06. The maximum absolute atomic E-state index is 12.3. The molecule has 4 heteroatoms. The largest absolute Gasteiger partial charge is 0.507 e. The molecule has 1 rings (SSSR count). The average molecular weight is 183 g/mol. The van der Waals surface area contributed by atoms with Crippen molar-refractivity contribution in [1.29, 1.82) is 5.26 Å². The monoisotopic (exact) mass is 183 g/mol. The number of aromatic hydroxyl groups is 1. The van der Waals surface area contributed by atoms with Crippen LogP contribution in [0, 0.1) is 18.3 Å². The van der Waals surface area contributed by atoms with E-state index < -0.39 is 17.7 Å². The number of alkyl halides is 2. The van der Waals surface area contributed by atoms with Gasteiger partial charge >= 0.3 is 0 Å². The van der Waals surface area contributed by atoms with Gasteiger partial charge in [-0.1, -0.05) is 0 Å². The van der Waals surface area contributed by atoms with Gasteiger partial charge in [0.2, 0.25) is 0 Å². The second-order valence-corrected chi connectivity index (χ2v) is 2.64. The van der Waals surface area contributed by atoms with Gasteiger partial charge in [-0.2, -0.15) is 5.26 Å². The number of phenols is 1. The van der Waals surface area contributed by atoms with Gasteiger partial charge in [0.1, 0.15) is 5.75 Å². The van der Waals surface area contributed by atoms with Crippen molar-refractivity contribution in [1.82, 2.24) is 0 Å². The van der Waals surface area contributed by atoms with E-state index in [9.17, 15) is 13.9 Å². The van der Waals surface area contributed by atoms with Crippen LogP contribution in [0.3, 0.4) is 0 Å². The van der Waals surface area contributed by atoms with E-state index in [0.717, 1.165) is 6.07 Å². The molecule has 0 aliphatic rings. The van der Waals surface area contributed by atoms with Crippen LogP contribution >= 0.6 is 0 Å². The van der Waals surface area contributed by atoms with Gasteiger partial charge in [0, 0.05) is 0 Å². The third-order valence-corrected chi connectivity index (χ3v) is 1.69. The minimum atomic E-state index is -2.76.